The number of carbonyl (C=O) groups excluding carboxylic acids is 1. The molecule has 2 N–H and O–H groups in total. The van der Waals surface area contributed by atoms with Gasteiger partial charge in [-0.25, -0.2) is 5.43 Å². The van der Waals surface area contributed by atoms with E-state index in [2.05, 4.69) is 10.5 Å². The van der Waals surface area contributed by atoms with Crippen molar-refractivity contribution < 1.29 is 14.7 Å². The fraction of sp³-hybridized carbons (Fsp3) is 0.667. The highest BCUT2D eigenvalue weighted by atomic mass is 16.4. The molecule has 78 valence electrons. The lowest BCUT2D eigenvalue weighted by molar-refractivity contribution is -0.142. The number of carboxylic acids is 1. The van der Waals surface area contributed by atoms with Gasteiger partial charge in [0.05, 0.1) is 5.92 Å². The largest absolute Gasteiger partial charge is 0.481 e. The lowest BCUT2D eigenvalue weighted by atomic mass is 9.83. The molecule has 0 atom stereocenters. The molecular weight excluding hydrogens is 184 g/mol. The van der Waals surface area contributed by atoms with E-state index in [9.17, 15) is 9.59 Å². The predicted octanol–water partition coefficient (Wildman–Crippen LogP) is 0.609. The van der Waals surface area contributed by atoms with Crippen molar-refractivity contribution in [1.82, 2.24) is 5.43 Å². The standard InChI is InChI=1S/C9H14N2O3/c1-5(2)8(12)11-10-7-3-6(4-7)9(13)14/h5-6H,3-4H2,1-2H3,(H,11,12)(H,13,14). The quantitative estimate of drug-likeness (QED) is 0.652. The van der Waals surface area contributed by atoms with Gasteiger partial charge in [-0.15, -0.1) is 0 Å². The van der Waals surface area contributed by atoms with Crippen molar-refractivity contribution in [1.29, 1.82) is 0 Å². The number of carboxylic acid groups (broad SMARTS) is 1. The third-order valence-electron chi connectivity index (χ3n) is 2.16. The van der Waals surface area contributed by atoms with Crippen LogP contribution in [0.1, 0.15) is 26.7 Å². The number of nitrogens with one attached hydrogen (secondary N) is 1. The average Bonchev–Trinajstić information content (AvgIpc) is 1.99. The van der Waals surface area contributed by atoms with E-state index in [1.54, 1.807) is 13.8 Å². The van der Waals surface area contributed by atoms with E-state index in [0.29, 0.717) is 12.8 Å². The van der Waals surface area contributed by atoms with Gasteiger partial charge in [0.15, 0.2) is 0 Å². The molecule has 14 heavy (non-hydrogen) atoms. The molecule has 0 aliphatic heterocycles. The van der Waals surface area contributed by atoms with E-state index in [4.69, 9.17) is 5.11 Å². The summed E-state index contributed by atoms with van der Waals surface area (Å²) in [6.07, 6.45) is 0.904. The maximum absolute atomic E-state index is 11.1. The number of amides is 1. The van der Waals surface area contributed by atoms with Crippen LogP contribution in [-0.4, -0.2) is 22.7 Å². The van der Waals surface area contributed by atoms with Crippen LogP contribution in [0.3, 0.4) is 0 Å². The fourth-order valence-corrected chi connectivity index (χ4v) is 1.04. The molecule has 0 saturated heterocycles. The Hall–Kier alpha value is -1.39. The molecule has 1 amide bonds. The van der Waals surface area contributed by atoms with Gasteiger partial charge in [-0.3, -0.25) is 9.59 Å². The SMILES string of the molecule is CC(C)C(=O)NN=C1CC(C(=O)O)C1. The van der Waals surface area contributed by atoms with E-state index >= 15 is 0 Å². The Morgan fingerprint density at radius 1 is 1.50 bits per heavy atom. The second-order valence-electron chi connectivity index (χ2n) is 3.75. The molecule has 1 saturated carbocycles. The van der Waals surface area contributed by atoms with Crippen LogP contribution in [0.15, 0.2) is 5.10 Å². The number of carbonyl (C=O) groups is 2. The minimum absolute atomic E-state index is 0.102. The van der Waals surface area contributed by atoms with Crippen LogP contribution in [0.5, 0.6) is 0 Å². The summed E-state index contributed by atoms with van der Waals surface area (Å²) in [5, 5.41) is 12.4. The summed E-state index contributed by atoms with van der Waals surface area (Å²) >= 11 is 0. The van der Waals surface area contributed by atoms with E-state index in [-0.39, 0.29) is 17.7 Å². The van der Waals surface area contributed by atoms with E-state index in [0.717, 1.165) is 5.71 Å². The molecule has 0 aromatic carbocycles. The van der Waals surface area contributed by atoms with Crippen molar-refractivity contribution in [2.45, 2.75) is 26.7 Å². The summed E-state index contributed by atoms with van der Waals surface area (Å²) in [4.78, 5) is 21.5. The molecule has 5 nitrogen and oxygen atoms in total. The summed E-state index contributed by atoms with van der Waals surface area (Å²) < 4.78 is 0. The predicted molar refractivity (Wildman–Crippen MR) is 50.8 cm³/mol. The second-order valence-corrected chi connectivity index (χ2v) is 3.75. The van der Waals surface area contributed by atoms with Crippen molar-refractivity contribution in [3.8, 4) is 0 Å². The van der Waals surface area contributed by atoms with Crippen LogP contribution in [-0.2, 0) is 9.59 Å². The molecule has 0 radical (unpaired) electrons. The first kappa shape index (κ1) is 10.7. The van der Waals surface area contributed by atoms with E-state index < -0.39 is 5.97 Å². The highest BCUT2D eigenvalue weighted by Crippen LogP contribution is 2.23. The number of nitrogens with zero attached hydrogens (tertiary/aromatic N) is 1. The van der Waals surface area contributed by atoms with E-state index in [1.807, 2.05) is 0 Å². The van der Waals surface area contributed by atoms with Gasteiger partial charge in [0.1, 0.15) is 0 Å². The maximum atomic E-state index is 11.1. The lowest BCUT2D eigenvalue weighted by Crippen LogP contribution is -2.33. The molecule has 1 rings (SSSR count). The van der Waals surface area contributed by atoms with Crippen LogP contribution < -0.4 is 5.43 Å². The summed E-state index contributed by atoms with van der Waals surface area (Å²) in [6.45, 7) is 3.55. The average molecular weight is 198 g/mol. The number of hydrogen-bond acceptors (Lipinski definition) is 3. The maximum Gasteiger partial charge on any atom is 0.307 e. The molecule has 0 aromatic heterocycles. The number of hydrazone groups is 1. The first-order valence-corrected chi connectivity index (χ1v) is 4.58. The van der Waals surface area contributed by atoms with Gasteiger partial charge in [-0.2, -0.15) is 5.10 Å². The van der Waals surface area contributed by atoms with Crippen molar-refractivity contribution in [2.24, 2.45) is 16.9 Å². The van der Waals surface area contributed by atoms with Crippen LogP contribution >= 0.6 is 0 Å². The summed E-state index contributed by atoms with van der Waals surface area (Å²) in [6, 6.07) is 0. The molecule has 0 bridgehead atoms. The smallest absolute Gasteiger partial charge is 0.307 e. The second kappa shape index (κ2) is 4.21. The van der Waals surface area contributed by atoms with Crippen LogP contribution in [0, 0.1) is 11.8 Å². The van der Waals surface area contributed by atoms with Crippen molar-refractivity contribution >= 4 is 17.6 Å². The van der Waals surface area contributed by atoms with Gasteiger partial charge in [0.25, 0.3) is 0 Å². The Morgan fingerprint density at radius 2 is 2.07 bits per heavy atom. The third kappa shape index (κ3) is 2.55. The molecule has 1 fully saturated rings. The van der Waals surface area contributed by atoms with Gasteiger partial charge in [0, 0.05) is 24.5 Å². The fourth-order valence-electron chi connectivity index (χ4n) is 1.04. The van der Waals surface area contributed by atoms with Crippen molar-refractivity contribution in [3.05, 3.63) is 0 Å². The number of hydrogen-bond donors (Lipinski definition) is 2. The monoisotopic (exact) mass is 198 g/mol. The van der Waals surface area contributed by atoms with E-state index in [1.165, 1.54) is 0 Å². The Morgan fingerprint density at radius 3 is 2.50 bits per heavy atom. The molecule has 0 spiro atoms. The molecular formula is C9H14N2O3. The van der Waals surface area contributed by atoms with Gasteiger partial charge in [0.2, 0.25) is 5.91 Å². The van der Waals surface area contributed by atoms with Crippen molar-refractivity contribution in [2.75, 3.05) is 0 Å². The van der Waals surface area contributed by atoms with Gasteiger partial charge in [-0.05, 0) is 0 Å². The Kier molecular flexibility index (Phi) is 3.22. The number of rotatable bonds is 3. The lowest BCUT2D eigenvalue weighted by Gasteiger charge is -2.23. The van der Waals surface area contributed by atoms with Gasteiger partial charge >= 0.3 is 5.97 Å². The Labute approximate surface area is 82.2 Å². The van der Waals surface area contributed by atoms with Crippen LogP contribution in [0.2, 0.25) is 0 Å². The zero-order chi connectivity index (χ0) is 10.7. The third-order valence-corrected chi connectivity index (χ3v) is 2.16. The minimum Gasteiger partial charge on any atom is -0.481 e. The summed E-state index contributed by atoms with van der Waals surface area (Å²) in [5.41, 5.74) is 3.16. The van der Waals surface area contributed by atoms with Gasteiger partial charge < -0.3 is 5.11 Å². The normalized spacial score (nSPS) is 20.2. The van der Waals surface area contributed by atoms with Crippen molar-refractivity contribution in [3.63, 3.8) is 0 Å². The highest BCUT2D eigenvalue weighted by molar-refractivity contribution is 5.97. The zero-order valence-corrected chi connectivity index (χ0v) is 8.28. The first-order valence-electron chi connectivity index (χ1n) is 4.58. The minimum atomic E-state index is -0.792. The molecule has 0 heterocycles. The molecule has 1 aliphatic carbocycles. The highest BCUT2D eigenvalue weighted by Gasteiger charge is 2.31. The zero-order valence-electron chi connectivity index (χ0n) is 8.28. The molecule has 0 unspecified atom stereocenters. The summed E-state index contributed by atoms with van der Waals surface area (Å²) in [5.74, 6) is -1.35. The van der Waals surface area contributed by atoms with Crippen LogP contribution in [0.4, 0.5) is 0 Å². The van der Waals surface area contributed by atoms with Crippen LogP contribution in [0.25, 0.3) is 0 Å². The summed E-state index contributed by atoms with van der Waals surface area (Å²) in [7, 11) is 0. The molecule has 5 heteroatoms. The molecule has 0 aromatic rings. The Balaban J connectivity index is 2.30. The number of aliphatic carboxylic acids is 1. The first-order chi connectivity index (χ1) is 6.50. The van der Waals surface area contributed by atoms with Gasteiger partial charge in [-0.1, -0.05) is 13.8 Å². The topological polar surface area (TPSA) is 78.8 Å². The Bertz CT molecular complexity index is 276. The molecule has 1 aliphatic rings.